The van der Waals surface area contributed by atoms with Crippen LogP contribution < -0.4 is 9.47 Å². The topological polar surface area (TPSA) is 55.8 Å². The predicted octanol–water partition coefficient (Wildman–Crippen LogP) is 2.62. The van der Waals surface area contributed by atoms with Crippen molar-refractivity contribution < 1.29 is 19.4 Å². The Bertz CT molecular complexity index is 566. The molecule has 2 aromatic rings. The normalized spacial score (nSPS) is 11.7. The number of ether oxygens (including phenoxy) is 2. The van der Waals surface area contributed by atoms with E-state index in [1.807, 2.05) is 30.3 Å². The summed E-state index contributed by atoms with van der Waals surface area (Å²) < 4.78 is 10.7. The molecule has 0 aliphatic rings. The van der Waals surface area contributed by atoms with E-state index in [4.69, 9.17) is 9.47 Å². The maximum Gasteiger partial charge on any atom is 0.161 e. The van der Waals surface area contributed by atoms with Gasteiger partial charge in [0.25, 0.3) is 0 Å². The van der Waals surface area contributed by atoms with E-state index in [1.54, 1.807) is 18.2 Å². The Balaban J connectivity index is 2.05. The smallest absolute Gasteiger partial charge is 0.161 e. The summed E-state index contributed by atoms with van der Waals surface area (Å²) in [5.41, 5.74) is 1.30. The number of aliphatic hydroxyl groups is 1. The molecule has 2 aromatic carbocycles. The van der Waals surface area contributed by atoms with Gasteiger partial charge >= 0.3 is 0 Å². The highest BCUT2D eigenvalue weighted by Gasteiger charge is 2.10. The molecule has 1 unspecified atom stereocenters. The molecule has 4 heteroatoms. The second-order valence-corrected chi connectivity index (χ2v) is 4.27. The van der Waals surface area contributed by atoms with Crippen LogP contribution >= 0.6 is 0 Å². The molecule has 0 saturated carbocycles. The number of hydrogen-bond acceptors (Lipinski definition) is 4. The maximum absolute atomic E-state index is 10.7. The van der Waals surface area contributed by atoms with Gasteiger partial charge in [-0.2, -0.15) is 0 Å². The van der Waals surface area contributed by atoms with Crippen molar-refractivity contribution in [1.29, 1.82) is 0 Å². The molecule has 104 valence electrons. The third kappa shape index (κ3) is 3.36. The van der Waals surface area contributed by atoms with E-state index in [9.17, 15) is 9.90 Å². The van der Waals surface area contributed by atoms with Crippen molar-refractivity contribution >= 4 is 6.29 Å². The Hall–Kier alpha value is -2.33. The van der Waals surface area contributed by atoms with E-state index >= 15 is 0 Å². The molecular formula is C16H16O4. The molecule has 0 saturated heterocycles. The zero-order valence-corrected chi connectivity index (χ0v) is 11.2. The maximum atomic E-state index is 10.7. The summed E-state index contributed by atoms with van der Waals surface area (Å²) in [5.74, 6) is 0.961. The van der Waals surface area contributed by atoms with Crippen LogP contribution in [0.2, 0.25) is 0 Å². The van der Waals surface area contributed by atoms with Gasteiger partial charge in [0.1, 0.15) is 19.0 Å². The molecule has 0 spiro atoms. The van der Waals surface area contributed by atoms with E-state index in [0.717, 1.165) is 11.8 Å². The molecule has 0 amide bonds. The molecule has 0 fully saturated rings. The third-order valence-electron chi connectivity index (χ3n) is 2.90. The second-order valence-electron chi connectivity index (χ2n) is 4.27. The van der Waals surface area contributed by atoms with Crippen LogP contribution in [0.3, 0.4) is 0 Å². The van der Waals surface area contributed by atoms with Crippen LogP contribution in [0.4, 0.5) is 0 Å². The van der Waals surface area contributed by atoms with Crippen molar-refractivity contribution in [2.75, 3.05) is 13.7 Å². The minimum Gasteiger partial charge on any atom is -0.493 e. The molecule has 20 heavy (non-hydrogen) atoms. The summed E-state index contributed by atoms with van der Waals surface area (Å²) in [5, 5.41) is 10.0. The van der Waals surface area contributed by atoms with E-state index < -0.39 is 6.10 Å². The van der Waals surface area contributed by atoms with Crippen LogP contribution in [0.1, 0.15) is 22.0 Å². The number of rotatable bonds is 6. The predicted molar refractivity (Wildman–Crippen MR) is 75.3 cm³/mol. The quantitative estimate of drug-likeness (QED) is 0.821. The Morgan fingerprint density at radius 1 is 1.15 bits per heavy atom. The SMILES string of the molecule is COc1cc(C=O)ccc1OCC(O)c1ccccc1. The first kappa shape index (κ1) is 14.1. The number of benzene rings is 2. The van der Waals surface area contributed by atoms with Crippen LogP contribution in [0, 0.1) is 0 Å². The number of aliphatic hydroxyl groups excluding tert-OH is 1. The van der Waals surface area contributed by atoms with Crippen LogP contribution in [0.25, 0.3) is 0 Å². The number of methoxy groups -OCH3 is 1. The van der Waals surface area contributed by atoms with Gasteiger partial charge in [-0.1, -0.05) is 30.3 Å². The van der Waals surface area contributed by atoms with Crippen molar-refractivity contribution in [3.05, 3.63) is 59.7 Å². The van der Waals surface area contributed by atoms with E-state index in [1.165, 1.54) is 7.11 Å². The summed E-state index contributed by atoms with van der Waals surface area (Å²) in [6.45, 7) is 0.112. The summed E-state index contributed by atoms with van der Waals surface area (Å²) in [6, 6.07) is 14.2. The monoisotopic (exact) mass is 272 g/mol. The average Bonchev–Trinajstić information content (AvgIpc) is 2.53. The lowest BCUT2D eigenvalue weighted by Gasteiger charge is -2.15. The zero-order valence-electron chi connectivity index (χ0n) is 11.2. The minimum atomic E-state index is -0.716. The largest absolute Gasteiger partial charge is 0.493 e. The van der Waals surface area contributed by atoms with Gasteiger partial charge in [0.05, 0.1) is 7.11 Å². The lowest BCUT2D eigenvalue weighted by atomic mass is 10.1. The summed E-state index contributed by atoms with van der Waals surface area (Å²) in [4.78, 5) is 10.7. The summed E-state index contributed by atoms with van der Waals surface area (Å²) >= 11 is 0. The standard InChI is InChI=1S/C16H16O4/c1-19-16-9-12(10-17)7-8-15(16)20-11-14(18)13-5-3-2-4-6-13/h2-10,14,18H,11H2,1H3. The van der Waals surface area contributed by atoms with E-state index in [0.29, 0.717) is 17.1 Å². The van der Waals surface area contributed by atoms with Gasteiger partial charge in [0.2, 0.25) is 0 Å². The summed E-state index contributed by atoms with van der Waals surface area (Å²) in [7, 11) is 1.50. The van der Waals surface area contributed by atoms with Crippen molar-refractivity contribution in [3.8, 4) is 11.5 Å². The zero-order chi connectivity index (χ0) is 14.4. The van der Waals surface area contributed by atoms with Crippen LogP contribution in [0.15, 0.2) is 48.5 Å². The summed E-state index contributed by atoms with van der Waals surface area (Å²) in [6.07, 6.45) is 0.0251. The van der Waals surface area contributed by atoms with Gasteiger partial charge in [-0.25, -0.2) is 0 Å². The van der Waals surface area contributed by atoms with E-state index in [-0.39, 0.29) is 6.61 Å². The molecule has 1 N–H and O–H groups in total. The Kier molecular flexibility index (Phi) is 4.74. The van der Waals surface area contributed by atoms with Gasteiger partial charge in [-0.3, -0.25) is 4.79 Å². The van der Waals surface area contributed by atoms with Gasteiger partial charge in [0.15, 0.2) is 11.5 Å². The van der Waals surface area contributed by atoms with Crippen LogP contribution in [-0.2, 0) is 0 Å². The molecule has 0 radical (unpaired) electrons. The van der Waals surface area contributed by atoms with Crippen molar-refractivity contribution in [2.24, 2.45) is 0 Å². The first-order valence-corrected chi connectivity index (χ1v) is 6.23. The highest BCUT2D eigenvalue weighted by atomic mass is 16.5. The molecule has 0 bridgehead atoms. The van der Waals surface area contributed by atoms with Gasteiger partial charge in [-0.15, -0.1) is 0 Å². The van der Waals surface area contributed by atoms with Gasteiger partial charge < -0.3 is 14.6 Å². The highest BCUT2D eigenvalue weighted by molar-refractivity contribution is 5.76. The molecule has 4 nitrogen and oxygen atoms in total. The third-order valence-corrected chi connectivity index (χ3v) is 2.90. The Morgan fingerprint density at radius 2 is 1.90 bits per heavy atom. The Morgan fingerprint density at radius 3 is 2.55 bits per heavy atom. The van der Waals surface area contributed by atoms with Crippen molar-refractivity contribution in [2.45, 2.75) is 6.10 Å². The van der Waals surface area contributed by atoms with Crippen LogP contribution in [0.5, 0.6) is 11.5 Å². The second kappa shape index (κ2) is 6.73. The van der Waals surface area contributed by atoms with Gasteiger partial charge in [-0.05, 0) is 23.8 Å². The fraction of sp³-hybridized carbons (Fsp3) is 0.188. The lowest BCUT2D eigenvalue weighted by molar-refractivity contribution is 0.106. The van der Waals surface area contributed by atoms with Crippen molar-refractivity contribution in [1.82, 2.24) is 0 Å². The van der Waals surface area contributed by atoms with Crippen molar-refractivity contribution in [3.63, 3.8) is 0 Å². The highest BCUT2D eigenvalue weighted by Crippen LogP contribution is 2.28. The lowest BCUT2D eigenvalue weighted by Crippen LogP contribution is -2.10. The first-order chi connectivity index (χ1) is 9.74. The van der Waals surface area contributed by atoms with E-state index in [2.05, 4.69) is 0 Å². The fourth-order valence-electron chi connectivity index (χ4n) is 1.82. The van der Waals surface area contributed by atoms with Crippen LogP contribution in [-0.4, -0.2) is 25.1 Å². The number of aldehydes is 1. The molecule has 0 aromatic heterocycles. The molecule has 1 atom stereocenters. The number of carbonyl (C=O) groups is 1. The molecular weight excluding hydrogens is 256 g/mol. The number of carbonyl (C=O) groups excluding carboxylic acids is 1. The number of hydrogen-bond donors (Lipinski definition) is 1. The molecule has 2 rings (SSSR count). The fourth-order valence-corrected chi connectivity index (χ4v) is 1.82. The average molecular weight is 272 g/mol. The van der Waals surface area contributed by atoms with Gasteiger partial charge in [0, 0.05) is 5.56 Å². The molecule has 0 aliphatic heterocycles. The Labute approximate surface area is 117 Å². The first-order valence-electron chi connectivity index (χ1n) is 6.23. The minimum absolute atomic E-state index is 0.112. The molecule has 0 heterocycles. The molecule has 0 aliphatic carbocycles.